The van der Waals surface area contributed by atoms with Crippen LogP contribution in [0.1, 0.15) is 21.7 Å². The van der Waals surface area contributed by atoms with Crippen molar-refractivity contribution >= 4 is 17.6 Å². The summed E-state index contributed by atoms with van der Waals surface area (Å²) in [6.07, 6.45) is 2.85. The third kappa shape index (κ3) is 2.79. The van der Waals surface area contributed by atoms with Crippen LogP contribution in [0.4, 0.5) is 5.69 Å². The lowest BCUT2D eigenvalue weighted by Gasteiger charge is -2.02. The smallest absolute Gasteiger partial charge is 0.325 e. The van der Waals surface area contributed by atoms with E-state index in [0.29, 0.717) is 22.6 Å². The average Bonchev–Trinajstić information content (AvgIpc) is 2.85. The highest BCUT2D eigenvalue weighted by Crippen LogP contribution is 2.13. The van der Waals surface area contributed by atoms with Crippen molar-refractivity contribution in [3.8, 4) is 0 Å². The maximum absolute atomic E-state index is 12.0. The third-order valence-electron chi connectivity index (χ3n) is 2.54. The Balaban J connectivity index is 2.11. The van der Waals surface area contributed by atoms with Gasteiger partial charge in [0, 0.05) is 11.9 Å². The van der Waals surface area contributed by atoms with Gasteiger partial charge in [-0.1, -0.05) is 0 Å². The van der Waals surface area contributed by atoms with Crippen LogP contribution in [0.15, 0.2) is 12.4 Å². The largest absolute Gasteiger partial charge is 0.480 e. The lowest BCUT2D eigenvalue weighted by atomic mass is 10.2. The van der Waals surface area contributed by atoms with Gasteiger partial charge in [-0.25, -0.2) is 0 Å². The van der Waals surface area contributed by atoms with Crippen LogP contribution in [0.25, 0.3) is 0 Å². The molecule has 2 aromatic rings. The van der Waals surface area contributed by atoms with Crippen molar-refractivity contribution in [3.05, 3.63) is 29.3 Å². The first kappa shape index (κ1) is 12.8. The molecule has 8 nitrogen and oxygen atoms in total. The summed E-state index contributed by atoms with van der Waals surface area (Å²) in [5.41, 5.74) is 2.19. The molecule has 0 bridgehead atoms. The van der Waals surface area contributed by atoms with Crippen LogP contribution in [0.3, 0.4) is 0 Å². The fraction of sp³-hybridized carbons (Fsp3) is 0.273. The van der Waals surface area contributed by atoms with Crippen molar-refractivity contribution in [2.75, 3.05) is 5.32 Å². The zero-order valence-electron chi connectivity index (χ0n) is 10.5. The minimum absolute atomic E-state index is 0.250. The second kappa shape index (κ2) is 4.92. The SMILES string of the molecule is Cc1n[nH]c(C)c1C(=O)Nc1cnn(CC(=O)O)c1. The first-order valence-corrected chi connectivity index (χ1v) is 5.54. The molecular formula is C11H13N5O3. The van der Waals surface area contributed by atoms with Gasteiger partial charge in [-0.3, -0.25) is 19.4 Å². The van der Waals surface area contributed by atoms with Crippen LogP contribution in [0.2, 0.25) is 0 Å². The molecule has 8 heteroatoms. The Morgan fingerprint density at radius 1 is 1.47 bits per heavy atom. The van der Waals surface area contributed by atoms with Crippen molar-refractivity contribution in [1.82, 2.24) is 20.0 Å². The highest BCUT2D eigenvalue weighted by molar-refractivity contribution is 6.05. The molecule has 0 spiro atoms. The number of amides is 1. The number of hydrogen-bond acceptors (Lipinski definition) is 4. The molecule has 0 aliphatic heterocycles. The van der Waals surface area contributed by atoms with E-state index in [-0.39, 0.29) is 12.5 Å². The zero-order valence-corrected chi connectivity index (χ0v) is 10.5. The van der Waals surface area contributed by atoms with Gasteiger partial charge < -0.3 is 10.4 Å². The Morgan fingerprint density at radius 3 is 2.79 bits per heavy atom. The fourth-order valence-corrected chi connectivity index (χ4v) is 1.73. The number of carboxylic acids is 1. The van der Waals surface area contributed by atoms with Crippen LogP contribution in [0, 0.1) is 13.8 Å². The monoisotopic (exact) mass is 263 g/mol. The van der Waals surface area contributed by atoms with Gasteiger partial charge in [0.1, 0.15) is 6.54 Å². The van der Waals surface area contributed by atoms with Crippen LogP contribution in [-0.4, -0.2) is 37.0 Å². The topological polar surface area (TPSA) is 113 Å². The number of rotatable bonds is 4. The predicted molar refractivity (Wildman–Crippen MR) is 65.9 cm³/mol. The van der Waals surface area contributed by atoms with Gasteiger partial charge in [-0.05, 0) is 13.8 Å². The number of aliphatic carboxylic acids is 1. The normalized spacial score (nSPS) is 10.4. The third-order valence-corrected chi connectivity index (χ3v) is 2.54. The van der Waals surface area contributed by atoms with Gasteiger partial charge in [0.25, 0.3) is 5.91 Å². The predicted octanol–water partition coefficient (Wildman–Crippen LogP) is 0.560. The van der Waals surface area contributed by atoms with Gasteiger partial charge in [0.2, 0.25) is 0 Å². The number of carbonyl (C=O) groups excluding carboxylic acids is 1. The lowest BCUT2D eigenvalue weighted by molar-refractivity contribution is -0.137. The van der Waals surface area contributed by atoms with Crippen molar-refractivity contribution in [3.63, 3.8) is 0 Å². The summed E-state index contributed by atoms with van der Waals surface area (Å²) < 4.78 is 1.23. The van der Waals surface area contributed by atoms with Crippen LogP contribution in [0.5, 0.6) is 0 Å². The van der Waals surface area contributed by atoms with E-state index in [4.69, 9.17) is 5.11 Å². The molecule has 0 saturated heterocycles. The standard InChI is InChI=1S/C11H13N5O3/c1-6-10(7(2)15-14-6)11(19)13-8-3-12-16(4-8)5-9(17)18/h3-4H,5H2,1-2H3,(H,13,19)(H,14,15)(H,17,18). The summed E-state index contributed by atoms with van der Waals surface area (Å²) in [5, 5.41) is 21.8. The summed E-state index contributed by atoms with van der Waals surface area (Å²) >= 11 is 0. The van der Waals surface area contributed by atoms with Crippen molar-refractivity contribution in [2.45, 2.75) is 20.4 Å². The summed E-state index contributed by atoms with van der Waals surface area (Å²) in [7, 11) is 0. The fourth-order valence-electron chi connectivity index (χ4n) is 1.73. The van der Waals surface area contributed by atoms with Crippen molar-refractivity contribution < 1.29 is 14.7 Å². The van der Waals surface area contributed by atoms with E-state index in [1.807, 2.05) is 0 Å². The highest BCUT2D eigenvalue weighted by Gasteiger charge is 2.16. The summed E-state index contributed by atoms with van der Waals surface area (Å²) in [6, 6.07) is 0. The van der Waals surface area contributed by atoms with Gasteiger partial charge in [0.05, 0.1) is 23.1 Å². The molecule has 0 aliphatic carbocycles. The highest BCUT2D eigenvalue weighted by atomic mass is 16.4. The van der Waals surface area contributed by atoms with Crippen LogP contribution in [-0.2, 0) is 11.3 Å². The quantitative estimate of drug-likeness (QED) is 0.746. The van der Waals surface area contributed by atoms with Crippen molar-refractivity contribution in [2.24, 2.45) is 0 Å². The molecule has 3 N–H and O–H groups in total. The number of aryl methyl sites for hydroxylation is 2. The maximum atomic E-state index is 12.0. The van der Waals surface area contributed by atoms with E-state index in [0.717, 1.165) is 0 Å². The molecule has 0 fully saturated rings. The maximum Gasteiger partial charge on any atom is 0.325 e. The minimum atomic E-state index is -0.998. The molecular weight excluding hydrogens is 250 g/mol. The number of carbonyl (C=O) groups is 2. The molecule has 0 radical (unpaired) electrons. The van der Waals surface area contributed by atoms with E-state index in [1.54, 1.807) is 13.8 Å². The van der Waals surface area contributed by atoms with E-state index < -0.39 is 5.97 Å². The van der Waals surface area contributed by atoms with E-state index in [9.17, 15) is 9.59 Å². The molecule has 0 aromatic carbocycles. The summed E-state index contributed by atoms with van der Waals surface area (Å²) in [5.74, 6) is -1.30. The van der Waals surface area contributed by atoms with Crippen LogP contribution >= 0.6 is 0 Å². The Hall–Kier alpha value is -2.64. The molecule has 2 aromatic heterocycles. The summed E-state index contributed by atoms with van der Waals surface area (Å²) in [4.78, 5) is 22.5. The van der Waals surface area contributed by atoms with Gasteiger partial charge in [-0.15, -0.1) is 0 Å². The number of carboxylic acid groups (broad SMARTS) is 1. The average molecular weight is 263 g/mol. The van der Waals surface area contributed by atoms with E-state index in [1.165, 1.54) is 17.1 Å². The second-order valence-corrected chi connectivity index (χ2v) is 4.08. The number of nitrogens with one attached hydrogen (secondary N) is 2. The number of aromatic nitrogens is 4. The number of hydrogen-bond donors (Lipinski definition) is 3. The Bertz CT molecular complexity index is 609. The second-order valence-electron chi connectivity index (χ2n) is 4.08. The Kier molecular flexibility index (Phi) is 3.32. The molecule has 2 rings (SSSR count). The first-order chi connectivity index (χ1) is 8.97. The van der Waals surface area contributed by atoms with Crippen LogP contribution < -0.4 is 5.32 Å². The molecule has 0 atom stereocenters. The van der Waals surface area contributed by atoms with E-state index in [2.05, 4.69) is 20.6 Å². The molecule has 2 heterocycles. The molecule has 0 saturated carbocycles. The number of H-pyrrole nitrogens is 1. The van der Waals surface area contributed by atoms with Gasteiger partial charge in [0.15, 0.2) is 0 Å². The molecule has 19 heavy (non-hydrogen) atoms. The summed E-state index contributed by atoms with van der Waals surface area (Å²) in [6.45, 7) is 3.23. The van der Waals surface area contributed by atoms with Crippen molar-refractivity contribution in [1.29, 1.82) is 0 Å². The van der Waals surface area contributed by atoms with E-state index >= 15 is 0 Å². The number of anilines is 1. The Morgan fingerprint density at radius 2 is 2.21 bits per heavy atom. The molecule has 0 aliphatic rings. The zero-order chi connectivity index (χ0) is 14.0. The van der Waals surface area contributed by atoms with Gasteiger partial charge in [-0.2, -0.15) is 10.2 Å². The molecule has 1 amide bonds. The number of nitrogens with zero attached hydrogens (tertiary/aromatic N) is 3. The molecule has 100 valence electrons. The lowest BCUT2D eigenvalue weighted by Crippen LogP contribution is -2.13. The number of aromatic amines is 1. The Labute approximate surface area is 108 Å². The first-order valence-electron chi connectivity index (χ1n) is 5.54. The minimum Gasteiger partial charge on any atom is -0.480 e. The van der Waals surface area contributed by atoms with Gasteiger partial charge >= 0.3 is 5.97 Å². The molecule has 0 unspecified atom stereocenters.